The van der Waals surface area contributed by atoms with Crippen molar-refractivity contribution in [2.75, 3.05) is 11.5 Å². The fourth-order valence-electron chi connectivity index (χ4n) is 0.687. The molecule has 0 saturated heterocycles. The Labute approximate surface area is 77.1 Å². The highest BCUT2D eigenvalue weighted by Gasteiger charge is 2.03. The summed E-state index contributed by atoms with van der Waals surface area (Å²) in [4.78, 5) is 2.12. The Morgan fingerprint density at radius 3 is 2.64 bits per heavy atom. The van der Waals surface area contributed by atoms with Crippen molar-refractivity contribution in [3.63, 3.8) is 0 Å². The summed E-state index contributed by atoms with van der Waals surface area (Å²) >= 11 is 0. The molecule has 2 rings (SSSR count). The third-order valence-corrected chi connectivity index (χ3v) is 1.34. The Hall–Kier alpha value is -2.52. The fourth-order valence-corrected chi connectivity index (χ4v) is 0.687. The van der Waals surface area contributed by atoms with Crippen LogP contribution in [0.15, 0.2) is 22.8 Å². The minimum atomic E-state index is 0.0996. The predicted octanol–water partition coefficient (Wildman–Crippen LogP) is -1.29. The Bertz CT molecular complexity index is 437. The SMILES string of the molecule is Nc1nnn(/N=N/n2ccnn2)c1N. The van der Waals surface area contributed by atoms with E-state index in [0.717, 1.165) is 9.58 Å². The van der Waals surface area contributed by atoms with Gasteiger partial charge in [-0.3, -0.25) is 0 Å². The minimum absolute atomic E-state index is 0.0996. The van der Waals surface area contributed by atoms with Gasteiger partial charge in [-0.15, -0.1) is 15.0 Å². The fraction of sp³-hybridized carbons (Fsp3) is 0. The average molecular weight is 194 g/mol. The van der Waals surface area contributed by atoms with Gasteiger partial charge in [-0.05, 0) is 20.9 Å². The minimum Gasteiger partial charge on any atom is -0.379 e. The topological polar surface area (TPSA) is 138 Å². The van der Waals surface area contributed by atoms with Crippen LogP contribution in [0, 0.1) is 0 Å². The molecular formula is C4H6N10. The molecule has 0 spiro atoms. The summed E-state index contributed by atoms with van der Waals surface area (Å²) in [7, 11) is 0. The van der Waals surface area contributed by atoms with E-state index in [-0.39, 0.29) is 11.6 Å². The van der Waals surface area contributed by atoms with Gasteiger partial charge < -0.3 is 11.5 Å². The second-order valence-corrected chi connectivity index (χ2v) is 2.25. The molecule has 72 valence electrons. The van der Waals surface area contributed by atoms with Crippen molar-refractivity contribution >= 4 is 11.6 Å². The van der Waals surface area contributed by atoms with Gasteiger partial charge >= 0.3 is 0 Å². The summed E-state index contributed by atoms with van der Waals surface area (Å²) in [6, 6.07) is 0. The third-order valence-electron chi connectivity index (χ3n) is 1.34. The molecule has 0 saturated carbocycles. The van der Waals surface area contributed by atoms with E-state index in [2.05, 4.69) is 31.1 Å². The lowest BCUT2D eigenvalue weighted by molar-refractivity contribution is 0.566. The lowest BCUT2D eigenvalue weighted by Gasteiger charge is -1.90. The predicted molar refractivity (Wildman–Crippen MR) is 44.5 cm³/mol. The van der Waals surface area contributed by atoms with Gasteiger partial charge in [0.1, 0.15) is 0 Å². The molecule has 0 atom stereocenters. The Balaban J connectivity index is 2.23. The summed E-state index contributed by atoms with van der Waals surface area (Å²) in [5.41, 5.74) is 10.8. The Morgan fingerprint density at radius 2 is 2.07 bits per heavy atom. The van der Waals surface area contributed by atoms with E-state index < -0.39 is 0 Å². The normalized spacial score (nSPS) is 11.1. The average Bonchev–Trinajstić information content (AvgIpc) is 2.77. The largest absolute Gasteiger partial charge is 0.379 e. The van der Waals surface area contributed by atoms with Gasteiger partial charge in [-0.2, -0.15) is 0 Å². The highest BCUT2D eigenvalue weighted by atomic mass is 15.7. The summed E-state index contributed by atoms with van der Waals surface area (Å²) < 4.78 is 0. The molecule has 0 radical (unpaired) electrons. The molecule has 0 unspecified atom stereocenters. The molecule has 14 heavy (non-hydrogen) atoms. The van der Waals surface area contributed by atoms with Gasteiger partial charge in [0.2, 0.25) is 0 Å². The highest BCUT2D eigenvalue weighted by Crippen LogP contribution is 2.07. The van der Waals surface area contributed by atoms with Crippen molar-refractivity contribution in [2.45, 2.75) is 0 Å². The highest BCUT2D eigenvalue weighted by molar-refractivity contribution is 5.51. The zero-order valence-corrected chi connectivity index (χ0v) is 6.89. The number of hydrogen-bond acceptors (Lipinski definition) is 8. The number of rotatable bonds is 2. The van der Waals surface area contributed by atoms with Gasteiger partial charge in [0.15, 0.2) is 11.6 Å². The number of aromatic nitrogens is 6. The molecule has 2 aromatic heterocycles. The maximum Gasteiger partial charge on any atom is 0.194 e. The number of nitrogens with zero attached hydrogens (tertiary/aromatic N) is 8. The number of anilines is 2. The number of hydrogen-bond donors (Lipinski definition) is 2. The molecule has 10 nitrogen and oxygen atoms in total. The van der Waals surface area contributed by atoms with Crippen molar-refractivity contribution in [2.24, 2.45) is 10.4 Å². The second-order valence-electron chi connectivity index (χ2n) is 2.25. The van der Waals surface area contributed by atoms with Crippen molar-refractivity contribution in [1.82, 2.24) is 30.2 Å². The Morgan fingerprint density at radius 1 is 1.21 bits per heavy atom. The van der Waals surface area contributed by atoms with Gasteiger partial charge in [0.05, 0.1) is 12.4 Å². The van der Waals surface area contributed by atoms with E-state index in [9.17, 15) is 0 Å². The van der Waals surface area contributed by atoms with E-state index in [1.807, 2.05) is 0 Å². The van der Waals surface area contributed by atoms with Crippen molar-refractivity contribution in [3.05, 3.63) is 12.4 Å². The molecule has 2 heterocycles. The van der Waals surface area contributed by atoms with Crippen LogP contribution in [0.2, 0.25) is 0 Å². The van der Waals surface area contributed by atoms with Gasteiger partial charge in [0, 0.05) is 0 Å². The molecule has 0 aliphatic heterocycles. The third kappa shape index (κ3) is 1.35. The quantitative estimate of drug-likeness (QED) is 0.570. The molecular weight excluding hydrogens is 188 g/mol. The molecule has 0 amide bonds. The van der Waals surface area contributed by atoms with Crippen LogP contribution in [0.1, 0.15) is 0 Å². The summed E-state index contributed by atoms with van der Waals surface area (Å²) in [6.45, 7) is 0. The van der Waals surface area contributed by atoms with Crippen LogP contribution in [-0.4, -0.2) is 30.2 Å². The van der Waals surface area contributed by atoms with Crippen LogP contribution in [0.3, 0.4) is 0 Å². The van der Waals surface area contributed by atoms with E-state index in [1.165, 1.54) is 12.4 Å². The summed E-state index contributed by atoms with van der Waals surface area (Å²) in [5.74, 6) is 0.219. The van der Waals surface area contributed by atoms with Crippen molar-refractivity contribution in [3.8, 4) is 0 Å². The van der Waals surface area contributed by atoms with E-state index in [0.29, 0.717) is 0 Å². The smallest absolute Gasteiger partial charge is 0.194 e. The molecule has 0 aliphatic rings. The second kappa shape index (κ2) is 3.08. The first-order chi connectivity index (χ1) is 6.77. The van der Waals surface area contributed by atoms with Crippen LogP contribution >= 0.6 is 0 Å². The Kier molecular flexibility index (Phi) is 1.78. The molecule has 0 fully saturated rings. The maximum absolute atomic E-state index is 5.46. The molecule has 0 bridgehead atoms. The van der Waals surface area contributed by atoms with E-state index in [4.69, 9.17) is 11.5 Å². The van der Waals surface area contributed by atoms with Crippen LogP contribution in [0.4, 0.5) is 11.6 Å². The lowest BCUT2D eigenvalue weighted by atomic mass is 10.7. The van der Waals surface area contributed by atoms with Crippen molar-refractivity contribution < 1.29 is 0 Å². The zero-order chi connectivity index (χ0) is 9.97. The lowest BCUT2D eigenvalue weighted by Crippen LogP contribution is -2.00. The van der Waals surface area contributed by atoms with Gasteiger partial charge in [0.25, 0.3) is 0 Å². The van der Waals surface area contributed by atoms with Crippen molar-refractivity contribution in [1.29, 1.82) is 0 Å². The first-order valence-corrected chi connectivity index (χ1v) is 3.52. The summed E-state index contributed by atoms with van der Waals surface area (Å²) in [6.07, 6.45) is 2.96. The first-order valence-electron chi connectivity index (χ1n) is 3.52. The molecule has 4 N–H and O–H groups in total. The van der Waals surface area contributed by atoms with E-state index in [1.54, 1.807) is 0 Å². The van der Waals surface area contributed by atoms with Gasteiger partial charge in [-0.1, -0.05) is 4.79 Å². The molecule has 0 aromatic carbocycles. The number of nitrogens with two attached hydrogens (primary N) is 2. The van der Waals surface area contributed by atoms with Gasteiger partial charge in [-0.25, -0.2) is 0 Å². The molecule has 10 heteroatoms. The van der Waals surface area contributed by atoms with Crippen LogP contribution < -0.4 is 11.5 Å². The van der Waals surface area contributed by atoms with Crippen LogP contribution in [0.25, 0.3) is 0 Å². The monoisotopic (exact) mass is 194 g/mol. The maximum atomic E-state index is 5.46. The number of nitrogen functional groups attached to an aromatic ring is 2. The van der Waals surface area contributed by atoms with Crippen LogP contribution in [-0.2, 0) is 0 Å². The van der Waals surface area contributed by atoms with Crippen LogP contribution in [0.5, 0.6) is 0 Å². The summed E-state index contributed by atoms with van der Waals surface area (Å²) in [5, 5.41) is 21.2. The molecule has 0 aliphatic carbocycles. The first kappa shape index (κ1) is 8.10. The zero-order valence-electron chi connectivity index (χ0n) is 6.89. The standard InChI is InChI=1S/C4H6N10/c5-3-4(6)14(10-8-3)12-11-13-2-1-7-9-13/h1-2H,5-6H2/b12-11+. The molecule has 2 aromatic rings. The van der Waals surface area contributed by atoms with E-state index >= 15 is 0 Å².